The van der Waals surface area contributed by atoms with Gasteiger partial charge in [-0.25, -0.2) is 0 Å². The van der Waals surface area contributed by atoms with E-state index in [1.165, 1.54) is 0 Å². The zero-order valence-corrected chi connectivity index (χ0v) is 10.3. The van der Waals surface area contributed by atoms with Crippen molar-refractivity contribution in [2.75, 3.05) is 5.88 Å². The summed E-state index contributed by atoms with van der Waals surface area (Å²) >= 11 is 8.97. The van der Waals surface area contributed by atoms with Crippen molar-refractivity contribution in [2.24, 2.45) is 0 Å². The predicted molar refractivity (Wildman–Crippen MR) is 65.2 cm³/mol. The minimum absolute atomic E-state index is 0.488. The van der Waals surface area contributed by atoms with Crippen molar-refractivity contribution >= 4 is 33.1 Å². The molecule has 0 heterocycles. The lowest BCUT2D eigenvalue weighted by molar-refractivity contribution is 1.50. The molecule has 0 aliphatic rings. The van der Waals surface area contributed by atoms with Gasteiger partial charge in [-0.15, -0.1) is 11.6 Å². The molecule has 0 bridgehead atoms. The molecule has 0 saturated heterocycles. The Morgan fingerprint density at radius 3 is 2.15 bits per heavy atom. The van der Waals surface area contributed by atoms with Gasteiger partial charge in [0.1, 0.15) is 0 Å². The summed E-state index contributed by atoms with van der Waals surface area (Å²) < 4.78 is 1.07. The molecule has 0 radical (unpaired) electrons. The zero-order valence-electron chi connectivity index (χ0n) is 7.98. The maximum absolute atomic E-state index is 5.62. The van der Waals surface area contributed by atoms with Crippen molar-refractivity contribution in [3.63, 3.8) is 0 Å². The third kappa shape index (κ3) is 4.49. The largest absolute Gasteiger partial charge is 0.122 e. The number of halogens is 2. The fourth-order valence-corrected chi connectivity index (χ4v) is 1.18. The van der Waals surface area contributed by atoms with Crippen LogP contribution in [0, 0.1) is 0 Å². The summed E-state index contributed by atoms with van der Waals surface area (Å²) in [5, 5.41) is 0. The van der Waals surface area contributed by atoms with Gasteiger partial charge in [0.2, 0.25) is 0 Å². The zero-order chi connectivity index (χ0) is 10.3. The number of alkyl halides is 1. The highest BCUT2D eigenvalue weighted by Crippen LogP contribution is 2.16. The van der Waals surface area contributed by atoms with Crippen LogP contribution in [0.25, 0.3) is 5.57 Å². The van der Waals surface area contributed by atoms with E-state index < -0.39 is 0 Å². The molecule has 1 rings (SSSR count). The summed E-state index contributed by atoms with van der Waals surface area (Å²) in [7, 11) is 0. The molecule has 0 unspecified atom stereocenters. The van der Waals surface area contributed by atoms with Crippen LogP contribution >= 0.6 is 27.5 Å². The van der Waals surface area contributed by atoms with Crippen molar-refractivity contribution in [1.82, 2.24) is 0 Å². The molecule has 0 atom stereocenters. The molecule has 13 heavy (non-hydrogen) atoms. The summed E-state index contributed by atoms with van der Waals surface area (Å²) in [4.78, 5) is 0. The van der Waals surface area contributed by atoms with Gasteiger partial charge >= 0.3 is 0 Å². The van der Waals surface area contributed by atoms with Crippen LogP contribution in [0.15, 0.2) is 35.3 Å². The highest BCUT2D eigenvalue weighted by Gasteiger charge is 1.95. The fourth-order valence-electron chi connectivity index (χ4n) is 0.763. The first-order valence-electron chi connectivity index (χ1n) is 4.23. The Morgan fingerprint density at radius 2 is 1.77 bits per heavy atom. The molecule has 0 aliphatic carbocycles. The molecule has 0 aromatic heterocycles. The molecule has 0 amide bonds. The quantitative estimate of drug-likeness (QED) is 0.675. The second kappa shape index (κ2) is 7.16. The molecule has 72 valence electrons. The summed E-state index contributed by atoms with van der Waals surface area (Å²) in [6, 6.07) is 7.95. The molecule has 0 saturated carbocycles. The van der Waals surface area contributed by atoms with Gasteiger partial charge in [-0.3, -0.25) is 0 Å². The molecule has 0 fully saturated rings. The third-order valence-corrected chi connectivity index (χ3v) is 2.27. The maximum atomic E-state index is 5.62. The number of hydrogen-bond donors (Lipinski definition) is 0. The monoisotopic (exact) mass is 260 g/mol. The molecule has 1 aromatic carbocycles. The lowest BCUT2D eigenvalue weighted by Gasteiger charge is -2.00. The van der Waals surface area contributed by atoms with Gasteiger partial charge in [0.15, 0.2) is 0 Å². The van der Waals surface area contributed by atoms with Crippen molar-refractivity contribution in [3.05, 3.63) is 40.9 Å². The molecule has 0 aliphatic heterocycles. The van der Waals surface area contributed by atoms with E-state index in [4.69, 9.17) is 11.6 Å². The van der Waals surface area contributed by atoms with Crippen LogP contribution < -0.4 is 0 Å². The third-order valence-electron chi connectivity index (χ3n) is 1.41. The van der Waals surface area contributed by atoms with E-state index >= 15 is 0 Å². The van der Waals surface area contributed by atoms with Gasteiger partial charge in [0, 0.05) is 10.4 Å². The van der Waals surface area contributed by atoms with Gasteiger partial charge < -0.3 is 0 Å². The molecular weight excluding hydrogens is 247 g/mol. The van der Waals surface area contributed by atoms with Gasteiger partial charge in [0.05, 0.1) is 0 Å². The standard InChI is InChI=1S/C9H8BrCl.C2H6/c1-7(6-11)8-2-4-9(10)5-3-8;1-2/h2-5H,1,6H2;1-2H3. The van der Waals surface area contributed by atoms with Crippen LogP contribution in [0.1, 0.15) is 19.4 Å². The van der Waals surface area contributed by atoms with Crippen molar-refractivity contribution in [2.45, 2.75) is 13.8 Å². The lowest BCUT2D eigenvalue weighted by atomic mass is 10.1. The van der Waals surface area contributed by atoms with E-state index in [0.29, 0.717) is 5.88 Å². The number of allylic oxidation sites excluding steroid dienone is 1. The number of hydrogen-bond acceptors (Lipinski definition) is 0. The van der Waals surface area contributed by atoms with Crippen LogP contribution in [0.3, 0.4) is 0 Å². The van der Waals surface area contributed by atoms with E-state index in [1.54, 1.807) is 0 Å². The average Bonchev–Trinajstić information content (AvgIpc) is 2.21. The summed E-state index contributed by atoms with van der Waals surface area (Å²) in [5.74, 6) is 0.488. The Bertz CT molecular complexity index is 251. The molecule has 0 nitrogen and oxygen atoms in total. The second-order valence-corrected chi connectivity index (χ2v) is 3.43. The van der Waals surface area contributed by atoms with Crippen LogP contribution in [0.2, 0.25) is 0 Å². The first-order valence-corrected chi connectivity index (χ1v) is 5.56. The number of rotatable bonds is 2. The van der Waals surface area contributed by atoms with E-state index in [-0.39, 0.29) is 0 Å². The van der Waals surface area contributed by atoms with Gasteiger partial charge in [-0.05, 0) is 23.3 Å². The lowest BCUT2D eigenvalue weighted by Crippen LogP contribution is -1.81. The number of benzene rings is 1. The summed E-state index contributed by atoms with van der Waals surface area (Å²) in [6.45, 7) is 7.83. The molecule has 0 N–H and O–H groups in total. The summed E-state index contributed by atoms with van der Waals surface area (Å²) in [5.41, 5.74) is 2.06. The Hall–Kier alpha value is -0.270. The Labute approximate surface area is 93.7 Å². The topological polar surface area (TPSA) is 0 Å². The first-order chi connectivity index (χ1) is 6.24. The SMILES string of the molecule is C=C(CCl)c1ccc(Br)cc1.CC. The van der Waals surface area contributed by atoms with Crippen LogP contribution in [0.4, 0.5) is 0 Å². The molecule has 0 spiro atoms. The van der Waals surface area contributed by atoms with Crippen LogP contribution in [-0.2, 0) is 0 Å². The smallest absolute Gasteiger partial charge is 0.0474 e. The van der Waals surface area contributed by atoms with E-state index in [1.807, 2.05) is 38.1 Å². The normalized spacial score (nSPS) is 8.62. The van der Waals surface area contributed by atoms with Crippen molar-refractivity contribution in [3.8, 4) is 0 Å². The highest BCUT2D eigenvalue weighted by molar-refractivity contribution is 9.10. The predicted octanol–water partition coefficient (Wildman–Crippen LogP) is 4.73. The molecule has 2 heteroatoms. The minimum atomic E-state index is 0.488. The van der Waals surface area contributed by atoms with Gasteiger partial charge in [0.25, 0.3) is 0 Å². The van der Waals surface area contributed by atoms with Crippen LogP contribution in [0.5, 0.6) is 0 Å². The second-order valence-electron chi connectivity index (χ2n) is 2.24. The van der Waals surface area contributed by atoms with E-state index in [9.17, 15) is 0 Å². The summed E-state index contributed by atoms with van der Waals surface area (Å²) in [6.07, 6.45) is 0. The van der Waals surface area contributed by atoms with Gasteiger partial charge in [-0.1, -0.05) is 48.5 Å². The average molecular weight is 262 g/mol. The fraction of sp³-hybridized carbons (Fsp3) is 0.273. The highest BCUT2D eigenvalue weighted by atomic mass is 79.9. The maximum Gasteiger partial charge on any atom is 0.0474 e. The Balaban J connectivity index is 0.000000671. The Morgan fingerprint density at radius 1 is 1.31 bits per heavy atom. The van der Waals surface area contributed by atoms with E-state index in [0.717, 1.165) is 15.6 Å². The van der Waals surface area contributed by atoms with Crippen molar-refractivity contribution in [1.29, 1.82) is 0 Å². The van der Waals surface area contributed by atoms with Gasteiger partial charge in [-0.2, -0.15) is 0 Å². The first kappa shape index (κ1) is 12.7. The molecular formula is C11H14BrCl. The Kier molecular flexibility index (Phi) is 7.02. The van der Waals surface area contributed by atoms with Crippen molar-refractivity contribution < 1.29 is 0 Å². The molecule has 1 aromatic rings. The minimum Gasteiger partial charge on any atom is -0.122 e. The van der Waals surface area contributed by atoms with Crippen LogP contribution in [-0.4, -0.2) is 5.88 Å². The van der Waals surface area contributed by atoms with E-state index in [2.05, 4.69) is 22.5 Å².